The predicted molar refractivity (Wildman–Crippen MR) is 57.5 cm³/mol. The molecule has 0 amide bonds. The number of carbonyl (C=O) groups is 2. The van der Waals surface area contributed by atoms with Crippen LogP contribution in [-0.2, 0) is 4.79 Å². The Labute approximate surface area is 87.0 Å². The van der Waals surface area contributed by atoms with Crippen LogP contribution in [0.5, 0.6) is 0 Å². The lowest BCUT2D eigenvalue weighted by Crippen LogP contribution is -2.02. The van der Waals surface area contributed by atoms with E-state index in [-0.39, 0.29) is 12.0 Å². The highest BCUT2D eigenvalue weighted by molar-refractivity contribution is 5.94. The first kappa shape index (κ1) is 11.0. The van der Waals surface area contributed by atoms with Crippen molar-refractivity contribution in [2.45, 2.75) is 6.42 Å². The van der Waals surface area contributed by atoms with Gasteiger partial charge in [0.25, 0.3) is 0 Å². The summed E-state index contributed by atoms with van der Waals surface area (Å²) in [6.07, 6.45) is 4.10. The average molecular weight is 205 g/mol. The highest BCUT2D eigenvalue weighted by Gasteiger charge is 2.09. The lowest BCUT2D eigenvalue weighted by molar-refractivity contribution is -0.107. The molecule has 0 fully saturated rings. The molecule has 1 aromatic carbocycles. The first-order chi connectivity index (χ1) is 7.16. The summed E-state index contributed by atoms with van der Waals surface area (Å²) in [6, 6.07) is 4.67. The van der Waals surface area contributed by atoms with Crippen molar-refractivity contribution in [3.05, 3.63) is 35.4 Å². The molecule has 3 N–H and O–H groups in total. The molecule has 4 nitrogen and oxygen atoms in total. The highest BCUT2D eigenvalue weighted by atomic mass is 16.4. The van der Waals surface area contributed by atoms with Gasteiger partial charge in [0.15, 0.2) is 0 Å². The second kappa shape index (κ2) is 4.95. The molecule has 0 unspecified atom stereocenters. The van der Waals surface area contributed by atoms with E-state index in [0.29, 0.717) is 11.3 Å². The minimum atomic E-state index is -1.03. The third-order valence-electron chi connectivity index (χ3n) is 1.89. The van der Waals surface area contributed by atoms with E-state index in [1.54, 1.807) is 24.3 Å². The van der Waals surface area contributed by atoms with Gasteiger partial charge in [0.1, 0.15) is 6.29 Å². The topological polar surface area (TPSA) is 80.4 Å². The fraction of sp³-hybridized carbons (Fsp3) is 0.0909. The van der Waals surface area contributed by atoms with Crippen molar-refractivity contribution in [3.8, 4) is 0 Å². The van der Waals surface area contributed by atoms with Crippen LogP contribution in [0.3, 0.4) is 0 Å². The summed E-state index contributed by atoms with van der Waals surface area (Å²) in [6.45, 7) is 0. The van der Waals surface area contributed by atoms with Gasteiger partial charge in [-0.05, 0) is 12.1 Å². The van der Waals surface area contributed by atoms with Crippen LogP contribution >= 0.6 is 0 Å². The van der Waals surface area contributed by atoms with Crippen molar-refractivity contribution >= 4 is 24.0 Å². The van der Waals surface area contributed by atoms with E-state index in [4.69, 9.17) is 10.8 Å². The Morgan fingerprint density at radius 1 is 1.47 bits per heavy atom. The number of hydrogen-bond acceptors (Lipinski definition) is 3. The molecule has 0 aliphatic carbocycles. The van der Waals surface area contributed by atoms with E-state index in [9.17, 15) is 9.59 Å². The number of rotatable bonds is 4. The van der Waals surface area contributed by atoms with Crippen molar-refractivity contribution in [1.29, 1.82) is 0 Å². The third-order valence-corrected chi connectivity index (χ3v) is 1.89. The van der Waals surface area contributed by atoms with Gasteiger partial charge in [0, 0.05) is 17.7 Å². The van der Waals surface area contributed by atoms with Crippen LogP contribution in [0.25, 0.3) is 6.08 Å². The Hall–Kier alpha value is -2.10. The van der Waals surface area contributed by atoms with E-state index in [2.05, 4.69) is 0 Å². The smallest absolute Gasteiger partial charge is 0.336 e. The zero-order valence-corrected chi connectivity index (χ0v) is 8.01. The number of aromatic carboxylic acids is 1. The molecule has 1 rings (SSSR count). The Morgan fingerprint density at radius 2 is 2.20 bits per heavy atom. The summed E-state index contributed by atoms with van der Waals surface area (Å²) in [4.78, 5) is 20.9. The van der Waals surface area contributed by atoms with Gasteiger partial charge in [-0.25, -0.2) is 4.79 Å². The van der Waals surface area contributed by atoms with Crippen LogP contribution < -0.4 is 5.73 Å². The van der Waals surface area contributed by atoms with Crippen LogP contribution in [0.2, 0.25) is 0 Å². The summed E-state index contributed by atoms with van der Waals surface area (Å²) in [5.41, 5.74) is 6.60. The fourth-order valence-electron chi connectivity index (χ4n) is 1.20. The van der Waals surface area contributed by atoms with Crippen molar-refractivity contribution in [3.63, 3.8) is 0 Å². The minimum Gasteiger partial charge on any atom is -0.478 e. The molecule has 1 aromatic rings. The SMILES string of the molecule is Nc1cccc(C(=O)O)c1C=CCC=O. The maximum absolute atomic E-state index is 10.8. The number of nitrogens with two attached hydrogens (primary N) is 1. The first-order valence-electron chi connectivity index (χ1n) is 4.38. The number of anilines is 1. The normalized spacial score (nSPS) is 10.4. The van der Waals surface area contributed by atoms with E-state index in [1.165, 1.54) is 6.07 Å². The molecule has 0 saturated carbocycles. The van der Waals surface area contributed by atoms with Crippen LogP contribution in [0.1, 0.15) is 22.3 Å². The Balaban J connectivity index is 3.13. The number of aldehydes is 1. The van der Waals surface area contributed by atoms with Crippen LogP contribution in [-0.4, -0.2) is 17.4 Å². The summed E-state index contributed by atoms with van der Waals surface area (Å²) in [5.74, 6) is -1.03. The molecule has 0 aliphatic heterocycles. The summed E-state index contributed by atoms with van der Waals surface area (Å²) in [5, 5.41) is 8.89. The Morgan fingerprint density at radius 3 is 2.80 bits per heavy atom. The molecule has 0 spiro atoms. The number of hydrogen-bond donors (Lipinski definition) is 2. The van der Waals surface area contributed by atoms with Crippen LogP contribution in [0, 0.1) is 0 Å². The molecule has 0 aliphatic rings. The molecule has 0 radical (unpaired) electrons. The Bertz CT molecular complexity index is 410. The number of carboxylic acids is 1. The first-order valence-corrected chi connectivity index (χ1v) is 4.38. The molecule has 4 heteroatoms. The van der Waals surface area contributed by atoms with Crippen molar-refractivity contribution in [2.75, 3.05) is 5.73 Å². The van der Waals surface area contributed by atoms with Gasteiger partial charge in [-0.2, -0.15) is 0 Å². The lowest BCUT2D eigenvalue weighted by Gasteiger charge is -2.04. The molecule has 0 bridgehead atoms. The van der Waals surface area contributed by atoms with Crippen LogP contribution in [0.4, 0.5) is 5.69 Å². The fourth-order valence-corrected chi connectivity index (χ4v) is 1.20. The van der Waals surface area contributed by atoms with E-state index in [0.717, 1.165) is 6.29 Å². The summed E-state index contributed by atoms with van der Waals surface area (Å²) < 4.78 is 0. The molecular formula is C11H11NO3. The van der Waals surface area contributed by atoms with Gasteiger partial charge in [-0.15, -0.1) is 0 Å². The van der Waals surface area contributed by atoms with Crippen molar-refractivity contribution in [2.24, 2.45) is 0 Å². The zero-order chi connectivity index (χ0) is 11.3. The Kier molecular flexibility index (Phi) is 3.62. The molecule has 0 heterocycles. The summed E-state index contributed by atoms with van der Waals surface area (Å²) in [7, 11) is 0. The molecule has 0 atom stereocenters. The van der Waals surface area contributed by atoms with Crippen molar-refractivity contribution < 1.29 is 14.7 Å². The van der Waals surface area contributed by atoms with Gasteiger partial charge >= 0.3 is 5.97 Å². The number of nitrogen functional groups attached to an aromatic ring is 1. The average Bonchev–Trinajstić information content (AvgIpc) is 2.20. The largest absolute Gasteiger partial charge is 0.478 e. The number of allylic oxidation sites excluding steroid dienone is 1. The van der Waals surface area contributed by atoms with E-state index >= 15 is 0 Å². The molecule has 0 aromatic heterocycles. The quantitative estimate of drug-likeness (QED) is 0.577. The highest BCUT2D eigenvalue weighted by Crippen LogP contribution is 2.18. The molecule has 0 saturated heterocycles. The molecule has 78 valence electrons. The second-order valence-corrected chi connectivity index (χ2v) is 2.92. The van der Waals surface area contributed by atoms with E-state index in [1.807, 2.05) is 0 Å². The third kappa shape index (κ3) is 2.67. The van der Waals surface area contributed by atoms with Gasteiger partial charge in [-0.1, -0.05) is 18.2 Å². The monoisotopic (exact) mass is 205 g/mol. The molecule has 15 heavy (non-hydrogen) atoms. The minimum absolute atomic E-state index is 0.136. The lowest BCUT2D eigenvalue weighted by atomic mass is 10.0. The number of carboxylic acid groups (broad SMARTS) is 1. The second-order valence-electron chi connectivity index (χ2n) is 2.92. The molecular weight excluding hydrogens is 194 g/mol. The van der Waals surface area contributed by atoms with Gasteiger partial charge in [0.05, 0.1) is 5.56 Å². The zero-order valence-electron chi connectivity index (χ0n) is 8.01. The van der Waals surface area contributed by atoms with Crippen molar-refractivity contribution in [1.82, 2.24) is 0 Å². The predicted octanol–water partition coefficient (Wildman–Crippen LogP) is 1.57. The van der Waals surface area contributed by atoms with E-state index < -0.39 is 5.97 Å². The standard InChI is InChI=1S/C11H11NO3/c12-10-6-3-5-9(11(14)15)8(10)4-1-2-7-13/h1,3-7H,2,12H2,(H,14,15). The van der Waals surface area contributed by atoms with Crippen LogP contribution in [0.15, 0.2) is 24.3 Å². The van der Waals surface area contributed by atoms with Gasteiger partial charge < -0.3 is 15.6 Å². The maximum Gasteiger partial charge on any atom is 0.336 e. The number of carbonyl (C=O) groups excluding carboxylic acids is 1. The summed E-state index contributed by atoms with van der Waals surface area (Å²) >= 11 is 0. The van der Waals surface area contributed by atoms with Gasteiger partial charge in [0.2, 0.25) is 0 Å². The number of benzene rings is 1. The maximum atomic E-state index is 10.8. The van der Waals surface area contributed by atoms with Gasteiger partial charge in [-0.3, -0.25) is 0 Å².